The molecule has 0 fully saturated rings. The first-order valence-electron chi connectivity index (χ1n) is 11.3. The van der Waals surface area contributed by atoms with Gasteiger partial charge in [-0.25, -0.2) is 0 Å². The number of aromatic nitrogens is 3. The number of H-pyrrole nitrogens is 2. The maximum Gasteiger partial charge on any atom is 0.181 e. The fourth-order valence-electron chi connectivity index (χ4n) is 4.92. The SMILES string of the molecule is Cc1cc(C2(Cl)c3ccc([nH]3)C=c3ccc([nH]3)=CC3=NC(Cl)(C(Cl)C3)C(Cl)C3=NC2(Cl)C=C3)ccn1. The Hall–Kier alpha value is -2.02. The zero-order valence-electron chi connectivity index (χ0n) is 18.9. The van der Waals surface area contributed by atoms with Gasteiger partial charge in [0.1, 0.15) is 5.38 Å². The van der Waals surface area contributed by atoms with Crippen LogP contribution in [-0.2, 0) is 4.87 Å². The van der Waals surface area contributed by atoms with Crippen molar-refractivity contribution in [2.75, 3.05) is 0 Å². The van der Waals surface area contributed by atoms with Gasteiger partial charge in [-0.2, -0.15) is 0 Å². The van der Waals surface area contributed by atoms with Crippen molar-refractivity contribution in [3.05, 3.63) is 88.1 Å². The van der Waals surface area contributed by atoms with Gasteiger partial charge in [0, 0.05) is 46.1 Å². The molecule has 184 valence electrons. The number of fused-ring (bicyclic) bond motifs is 6. The second kappa shape index (κ2) is 8.50. The molecular weight excluding hydrogens is 560 g/mol. The summed E-state index contributed by atoms with van der Waals surface area (Å²) in [5.41, 5.74) is 4.25. The number of nitrogens with zero attached hydrogens (tertiary/aromatic N) is 3. The van der Waals surface area contributed by atoms with E-state index < -0.39 is 25.6 Å². The van der Waals surface area contributed by atoms with Crippen LogP contribution in [0.2, 0.25) is 0 Å². The number of nitrogens with one attached hydrogen (secondary N) is 2. The van der Waals surface area contributed by atoms with Crippen molar-refractivity contribution in [3.8, 4) is 0 Å². The van der Waals surface area contributed by atoms with Crippen molar-refractivity contribution in [1.29, 1.82) is 0 Å². The summed E-state index contributed by atoms with van der Waals surface area (Å²) in [6.45, 7) is 1.90. The molecule has 6 heterocycles. The van der Waals surface area contributed by atoms with Gasteiger partial charge in [0.15, 0.2) is 14.9 Å². The maximum atomic E-state index is 7.52. The summed E-state index contributed by atoms with van der Waals surface area (Å²) in [6.07, 6.45) is 9.59. The van der Waals surface area contributed by atoms with E-state index in [0.29, 0.717) is 17.8 Å². The molecule has 5 nitrogen and oxygen atoms in total. The van der Waals surface area contributed by atoms with Gasteiger partial charge in [0.25, 0.3) is 0 Å². The molecule has 6 rings (SSSR count). The lowest BCUT2D eigenvalue weighted by Crippen LogP contribution is -2.43. The molecule has 0 spiro atoms. The predicted octanol–water partition coefficient (Wildman–Crippen LogP) is 5.09. The first-order valence-corrected chi connectivity index (χ1v) is 13.4. The smallest absolute Gasteiger partial charge is 0.181 e. The highest BCUT2D eigenvalue weighted by Gasteiger charge is 2.56. The van der Waals surface area contributed by atoms with Crippen LogP contribution >= 0.6 is 58.0 Å². The molecule has 0 aliphatic carbocycles. The quantitative estimate of drug-likeness (QED) is 0.306. The monoisotopic (exact) mass is 577 g/mol. The van der Waals surface area contributed by atoms with E-state index in [1.165, 1.54) is 0 Å². The van der Waals surface area contributed by atoms with Crippen LogP contribution in [0.1, 0.15) is 29.1 Å². The van der Waals surface area contributed by atoms with E-state index >= 15 is 0 Å². The van der Waals surface area contributed by atoms with Gasteiger partial charge in [-0.3, -0.25) is 15.0 Å². The molecule has 3 aliphatic heterocycles. The molecular formula is C26H20Cl5N5. The minimum absolute atomic E-state index is 0.459. The van der Waals surface area contributed by atoms with Gasteiger partial charge in [-0.05, 0) is 73.2 Å². The number of rotatable bonds is 1. The van der Waals surface area contributed by atoms with E-state index in [9.17, 15) is 0 Å². The molecule has 3 aromatic rings. The first-order chi connectivity index (χ1) is 17.1. The average molecular weight is 580 g/mol. The van der Waals surface area contributed by atoms with Crippen LogP contribution in [0.25, 0.3) is 12.2 Å². The third kappa shape index (κ3) is 3.71. The van der Waals surface area contributed by atoms with Crippen molar-refractivity contribution in [1.82, 2.24) is 15.0 Å². The molecule has 8 bridgehead atoms. The summed E-state index contributed by atoms with van der Waals surface area (Å²) in [7, 11) is 0. The predicted molar refractivity (Wildman–Crippen MR) is 150 cm³/mol. The molecule has 36 heavy (non-hydrogen) atoms. The minimum Gasteiger partial charge on any atom is -0.357 e. The molecule has 5 atom stereocenters. The Morgan fingerprint density at radius 1 is 0.944 bits per heavy atom. The van der Waals surface area contributed by atoms with Gasteiger partial charge in [-0.1, -0.05) is 23.2 Å². The third-order valence-electron chi connectivity index (χ3n) is 6.75. The summed E-state index contributed by atoms with van der Waals surface area (Å²) in [4.78, 5) is 16.7. The normalized spacial score (nSPS) is 33.1. The highest BCUT2D eigenvalue weighted by molar-refractivity contribution is 6.47. The van der Waals surface area contributed by atoms with E-state index in [4.69, 9.17) is 68.0 Å². The Balaban J connectivity index is 1.63. The standard InChI is InChI=1S/C26H20Cl5N5/c1-14-10-15(7-9-32-14)25(30)22-5-4-18(34-22)11-16-2-3-17(33-16)12-19-13-21(27)26(31,35-19)23(28)20-6-8-24(25,29)36-20/h2-12,21,23,33-34H,13H2,1H3. The number of aliphatic imine (C=N–C) groups is 2. The Labute approximate surface area is 232 Å². The Bertz CT molecular complexity index is 1590. The second-order valence-corrected chi connectivity index (χ2v) is 11.9. The maximum absolute atomic E-state index is 7.52. The molecule has 0 radical (unpaired) electrons. The van der Waals surface area contributed by atoms with Crippen molar-refractivity contribution in [2.24, 2.45) is 9.98 Å². The van der Waals surface area contributed by atoms with E-state index in [0.717, 1.165) is 33.4 Å². The molecule has 5 unspecified atom stereocenters. The Morgan fingerprint density at radius 3 is 2.50 bits per heavy atom. The number of aryl methyl sites for hydroxylation is 1. The van der Waals surface area contributed by atoms with E-state index in [-0.39, 0.29) is 0 Å². The number of hydrogen-bond donors (Lipinski definition) is 2. The first kappa shape index (κ1) is 24.3. The summed E-state index contributed by atoms with van der Waals surface area (Å²) >= 11 is 35.4. The van der Waals surface area contributed by atoms with Crippen LogP contribution in [0.3, 0.4) is 0 Å². The van der Waals surface area contributed by atoms with Crippen LogP contribution in [0.15, 0.2) is 64.7 Å². The number of allylic oxidation sites excluding steroid dienone is 1. The van der Waals surface area contributed by atoms with Crippen LogP contribution in [0.5, 0.6) is 0 Å². The topological polar surface area (TPSA) is 69.2 Å². The fourth-order valence-corrected chi connectivity index (χ4v) is 6.64. The molecule has 3 aromatic heterocycles. The lowest BCUT2D eigenvalue weighted by Gasteiger charge is -2.37. The summed E-state index contributed by atoms with van der Waals surface area (Å²) < 4.78 is 0. The zero-order chi connectivity index (χ0) is 25.3. The van der Waals surface area contributed by atoms with Gasteiger partial charge in [0.2, 0.25) is 0 Å². The van der Waals surface area contributed by atoms with E-state index in [1.807, 2.05) is 55.5 Å². The average Bonchev–Trinajstić information content (AvgIpc) is 3.62. The largest absolute Gasteiger partial charge is 0.357 e. The highest BCUT2D eigenvalue weighted by atomic mass is 35.5. The van der Waals surface area contributed by atoms with Crippen molar-refractivity contribution < 1.29 is 0 Å². The lowest BCUT2D eigenvalue weighted by molar-refractivity contribution is 0.565. The molecule has 0 saturated heterocycles. The Kier molecular flexibility index (Phi) is 5.75. The van der Waals surface area contributed by atoms with Crippen molar-refractivity contribution >= 4 is 81.6 Å². The second-order valence-electron chi connectivity index (χ2n) is 9.24. The zero-order valence-corrected chi connectivity index (χ0v) is 22.7. The van der Waals surface area contributed by atoms with Crippen molar-refractivity contribution in [3.63, 3.8) is 0 Å². The van der Waals surface area contributed by atoms with Gasteiger partial charge in [-0.15, -0.1) is 34.8 Å². The summed E-state index contributed by atoms with van der Waals surface area (Å²) in [6, 6.07) is 11.6. The Morgan fingerprint density at radius 2 is 1.72 bits per heavy atom. The molecule has 0 saturated carbocycles. The lowest BCUT2D eigenvalue weighted by atomic mass is 9.87. The summed E-state index contributed by atoms with van der Waals surface area (Å²) in [5, 5.41) is 0.396. The number of pyridine rings is 1. The van der Waals surface area contributed by atoms with E-state index in [1.54, 1.807) is 18.3 Å². The van der Waals surface area contributed by atoms with E-state index in [2.05, 4.69) is 15.0 Å². The van der Waals surface area contributed by atoms with Gasteiger partial charge >= 0.3 is 0 Å². The van der Waals surface area contributed by atoms with Crippen molar-refractivity contribution in [2.45, 2.75) is 39.0 Å². The highest BCUT2D eigenvalue weighted by Crippen LogP contribution is 2.53. The van der Waals surface area contributed by atoms with Crippen LogP contribution < -0.4 is 10.7 Å². The van der Waals surface area contributed by atoms with Crippen LogP contribution in [0.4, 0.5) is 0 Å². The van der Waals surface area contributed by atoms with Gasteiger partial charge in [0.05, 0.1) is 11.1 Å². The molecule has 2 N–H and O–H groups in total. The van der Waals surface area contributed by atoms with Crippen LogP contribution in [-0.4, -0.2) is 47.1 Å². The third-order valence-corrected chi connectivity index (χ3v) is 9.88. The fraction of sp³-hybridized carbons (Fsp3) is 0.269. The number of halogens is 5. The molecule has 10 heteroatoms. The summed E-state index contributed by atoms with van der Waals surface area (Å²) in [5.74, 6) is 0. The molecule has 3 aliphatic rings. The van der Waals surface area contributed by atoms with Crippen LogP contribution in [0, 0.1) is 6.92 Å². The number of alkyl halides is 5. The molecule has 0 amide bonds. The number of hydrogen-bond acceptors (Lipinski definition) is 3. The molecule has 0 aromatic carbocycles. The van der Waals surface area contributed by atoms with Gasteiger partial charge < -0.3 is 9.97 Å². The number of aromatic amines is 2. The minimum atomic E-state index is -1.42.